The Hall–Kier alpha value is -0.530. The van der Waals surface area contributed by atoms with Gasteiger partial charge in [0, 0.05) is 0 Å². The highest BCUT2D eigenvalue weighted by atomic mass is 16.4. The summed E-state index contributed by atoms with van der Waals surface area (Å²) in [6.07, 6.45) is 2.90. The molecule has 0 aliphatic heterocycles. The maximum absolute atomic E-state index is 10.5. The first-order chi connectivity index (χ1) is 5.39. The van der Waals surface area contributed by atoms with Crippen molar-refractivity contribution in [2.75, 3.05) is 0 Å². The van der Waals surface area contributed by atoms with Gasteiger partial charge in [-0.2, -0.15) is 0 Å². The van der Waals surface area contributed by atoms with E-state index in [0.29, 0.717) is 5.41 Å². The van der Waals surface area contributed by atoms with E-state index in [1.807, 2.05) is 0 Å². The summed E-state index contributed by atoms with van der Waals surface area (Å²) in [6, 6.07) is 0. The Morgan fingerprint density at radius 2 is 2.00 bits per heavy atom. The molecular weight excluding hydrogens is 152 g/mol. The third kappa shape index (κ3) is 4.37. The Morgan fingerprint density at radius 3 is 2.33 bits per heavy atom. The van der Waals surface area contributed by atoms with Crippen LogP contribution in [0.25, 0.3) is 0 Å². The number of hydrogen-bond acceptors (Lipinski definition) is 1. The van der Waals surface area contributed by atoms with Crippen molar-refractivity contribution in [1.82, 2.24) is 0 Å². The van der Waals surface area contributed by atoms with Crippen LogP contribution in [-0.4, -0.2) is 11.1 Å². The van der Waals surface area contributed by atoms with E-state index < -0.39 is 5.97 Å². The molecule has 0 spiro atoms. The van der Waals surface area contributed by atoms with Crippen LogP contribution in [0.2, 0.25) is 0 Å². The number of carboxylic acids is 1. The monoisotopic (exact) mass is 172 g/mol. The van der Waals surface area contributed by atoms with Crippen LogP contribution in [0, 0.1) is 11.3 Å². The molecule has 0 saturated heterocycles. The first kappa shape index (κ1) is 11.5. The van der Waals surface area contributed by atoms with Gasteiger partial charge in [0.15, 0.2) is 0 Å². The van der Waals surface area contributed by atoms with E-state index in [0.717, 1.165) is 19.3 Å². The first-order valence-electron chi connectivity index (χ1n) is 4.62. The van der Waals surface area contributed by atoms with Gasteiger partial charge in [-0.15, -0.1) is 0 Å². The van der Waals surface area contributed by atoms with Crippen molar-refractivity contribution < 1.29 is 9.90 Å². The molecule has 2 nitrogen and oxygen atoms in total. The molecule has 72 valence electrons. The summed E-state index contributed by atoms with van der Waals surface area (Å²) in [5.41, 5.74) is 0.295. The van der Waals surface area contributed by atoms with Gasteiger partial charge >= 0.3 is 5.97 Å². The molecule has 2 heteroatoms. The molecule has 0 heterocycles. The Bertz CT molecular complexity index is 150. The highest BCUT2D eigenvalue weighted by Crippen LogP contribution is 2.27. The fourth-order valence-corrected chi connectivity index (χ4v) is 0.907. The fourth-order valence-electron chi connectivity index (χ4n) is 0.907. The van der Waals surface area contributed by atoms with E-state index >= 15 is 0 Å². The normalized spacial score (nSPS) is 14.3. The van der Waals surface area contributed by atoms with Crippen LogP contribution in [0.5, 0.6) is 0 Å². The third-order valence-corrected chi connectivity index (χ3v) is 2.63. The predicted molar refractivity (Wildman–Crippen MR) is 50.1 cm³/mol. The second-order valence-corrected chi connectivity index (χ2v) is 4.30. The Kier molecular flexibility index (Phi) is 4.29. The van der Waals surface area contributed by atoms with Crippen LogP contribution in [0.3, 0.4) is 0 Å². The number of hydrogen-bond donors (Lipinski definition) is 1. The zero-order valence-electron chi connectivity index (χ0n) is 8.55. The van der Waals surface area contributed by atoms with Gasteiger partial charge in [0.05, 0.1) is 5.92 Å². The van der Waals surface area contributed by atoms with Gasteiger partial charge in [0.25, 0.3) is 0 Å². The molecule has 0 fully saturated rings. The molecule has 0 saturated carbocycles. The molecule has 0 aromatic rings. The molecule has 0 amide bonds. The number of carboxylic acid groups (broad SMARTS) is 1. The summed E-state index contributed by atoms with van der Waals surface area (Å²) >= 11 is 0. The van der Waals surface area contributed by atoms with Crippen LogP contribution in [0.15, 0.2) is 0 Å². The van der Waals surface area contributed by atoms with E-state index in [9.17, 15) is 4.79 Å². The number of rotatable bonds is 5. The smallest absolute Gasteiger partial charge is 0.306 e. The highest BCUT2D eigenvalue weighted by molar-refractivity contribution is 5.69. The van der Waals surface area contributed by atoms with Crippen LogP contribution in [0.4, 0.5) is 0 Å². The lowest BCUT2D eigenvalue weighted by atomic mass is 9.83. The van der Waals surface area contributed by atoms with Crippen LogP contribution < -0.4 is 0 Å². The predicted octanol–water partition coefficient (Wildman–Crippen LogP) is 2.92. The fraction of sp³-hybridized carbons (Fsp3) is 0.900. The summed E-state index contributed by atoms with van der Waals surface area (Å²) in [4.78, 5) is 10.5. The average molecular weight is 172 g/mol. The maximum Gasteiger partial charge on any atom is 0.306 e. The standard InChI is InChI=1S/C10H20O2/c1-5-10(3,4)7-6-8(2)9(11)12/h8H,5-7H2,1-4H3,(H,11,12)/t8-/m1/s1. The molecule has 0 bridgehead atoms. The van der Waals surface area contributed by atoms with E-state index in [1.165, 1.54) is 0 Å². The van der Waals surface area contributed by atoms with Gasteiger partial charge in [0.1, 0.15) is 0 Å². The topological polar surface area (TPSA) is 37.3 Å². The number of carbonyl (C=O) groups is 1. The molecule has 1 atom stereocenters. The first-order valence-corrected chi connectivity index (χ1v) is 4.62. The average Bonchev–Trinajstić information content (AvgIpc) is 2.00. The molecular formula is C10H20O2. The largest absolute Gasteiger partial charge is 0.481 e. The van der Waals surface area contributed by atoms with Crippen molar-refractivity contribution in [2.45, 2.75) is 47.0 Å². The van der Waals surface area contributed by atoms with Crippen molar-refractivity contribution >= 4 is 5.97 Å². The van der Waals surface area contributed by atoms with Crippen LogP contribution >= 0.6 is 0 Å². The zero-order chi connectivity index (χ0) is 9.78. The van der Waals surface area contributed by atoms with Crippen molar-refractivity contribution in [2.24, 2.45) is 11.3 Å². The Morgan fingerprint density at radius 1 is 1.50 bits per heavy atom. The molecule has 1 N–H and O–H groups in total. The molecule has 0 aliphatic rings. The molecule has 0 aromatic heterocycles. The minimum absolute atomic E-state index is 0.198. The summed E-state index contributed by atoms with van der Waals surface area (Å²) in [7, 11) is 0. The second kappa shape index (κ2) is 4.48. The lowest BCUT2D eigenvalue weighted by molar-refractivity contribution is -0.141. The summed E-state index contributed by atoms with van der Waals surface area (Å²) < 4.78 is 0. The molecule has 0 aromatic carbocycles. The Balaban J connectivity index is 3.75. The maximum atomic E-state index is 10.5. The van der Waals surface area contributed by atoms with E-state index in [4.69, 9.17) is 5.11 Å². The molecule has 0 unspecified atom stereocenters. The Labute approximate surface area is 75.0 Å². The van der Waals surface area contributed by atoms with Crippen LogP contribution in [0.1, 0.15) is 47.0 Å². The summed E-state index contributed by atoms with van der Waals surface area (Å²) in [6.45, 7) is 8.28. The van der Waals surface area contributed by atoms with Gasteiger partial charge in [-0.1, -0.05) is 34.1 Å². The van der Waals surface area contributed by atoms with Gasteiger partial charge in [-0.3, -0.25) is 4.79 Å². The zero-order valence-corrected chi connectivity index (χ0v) is 8.55. The van der Waals surface area contributed by atoms with E-state index in [1.54, 1.807) is 6.92 Å². The quantitative estimate of drug-likeness (QED) is 0.692. The number of aliphatic carboxylic acids is 1. The van der Waals surface area contributed by atoms with Gasteiger partial charge in [0.2, 0.25) is 0 Å². The van der Waals surface area contributed by atoms with Crippen molar-refractivity contribution in [3.63, 3.8) is 0 Å². The molecule has 0 rings (SSSR count). The lowest BCUT2D eigenvalue weighted by Gasteiger charge is -2.23. The third-order valence-electron chi connectivity index (χ3n) is 2.63. The summed E-state index contributed by atoms with van der Waals surface area (Å²) in [5, 5.41) is 8.65. The van der Waals surface area contributed by atoms with Gasteiger partial charge in [-0.05, 0) is 18.3 Å². The molecule has 0 aliphatic carbocycles. The van der Waals surface area contributed by atoms with Crippen molar-refractivity contribution in [1.29, 1.82) is 0 Å². The lowest BCUT2D eigenvalue weighted by Crippen LogP contribution is -2.15. The molecule has 12 heavy (non-hydrogen) atoms. The minimum Gasteiger partial charge on any atom is -0.481 e. The van der Waals surface area contributed by atoms with E-state index in [2.05, 4.69) is 20.8 Å². The van der Waals surface area contributed by atoms with Crippen LogP contribution in [-0.2, 0) is 4.79 Å². The second-order valence-electron chi connectivity index (χ2n) is 4.30. The van der Waals surface area contributed by atoms with Gasteiger partial charge in [-0.25, -0.2) is 0 Å². The van der Waals surface area contributed by atoms with Gasteiger partial charge < -0.3 is 5.11 Å². The minimum atomic E-state index is -0.679. The van der Waals surface area contributed by atoms with Crippen molar-refractivity contribution in [3.05, 3.63) is 0 Å². The van der Waals surface area contributed by atoms with Crippen molar-refractivity contribution in [3.8, 4) is 0 Å². The highest BCUT2D eigenvalue weighted by Gasteiger charge is 2.18. The SMILES string of the molecule is CCC(C)(C)CC[C@@H](C)C(=O)O. The summed E-state index contributed by atoms with van der Waals surface area (Å²) in [5.74, 6) is -0.877. The van der Waals surface area contributed by atoms with E-state index in [-0.39, 0.29) is 5.92 Å². The molecule has 0 radical (unpaired) electrons.